The van der Waals surface area contributed by atoms with Crippen LogP contribution < -0.4 is 5.32 Å². The number of nitrogens with zero attached hydrogens (tertiary/aromatic N) is 3. The van der Waals surface area contributed by atoms with E-state index in [0.717, 1.165) is 31.5 Å². The van der Waals surface area contributed by atoms with Crippen molar-refractivity contribution in [2.75, 3.05) is 6.54 Å². The maximum absolute atomic E-state index is 10.7. The number of benzene rings is 1. The number of hydrogen-bond donors (Lipinski definition) is 1. The third kappa shape index (κ3) is 5.63. The van der Waals surface area contributed by atoms with Gasteiger partial charge in [-0.25, -0.2) is 4.98 Å². The van der Waals surface area contributed by atoms with Gasteiger partial charge >= 0.3 is 0 Å². The zero-order valence-corrected chi connectivity index (χ0v) is 13.5. The molecule has 0 bridgehead atoms. The molecule has 0 amide bonds. The van der Waals surface area contributed by atoms with Crippen molar-refractivity contribution in [1.82, 2.24) is 14.9 Å². The third-order valence-corrected chi connectivity index (χ3v) is 3.50. The van der Waals surface area contributed by atoms with Gasteiger partial charge in [0.1, 0.15) is 0 Å². The SMILES string of the molecule is Cl.O=[N+]([O-])c1ccc(Cl)c(CNCCCCn2ccnc2)c1. The van der Waals surface area contributed by atoms with E-state index in [-0.39, 0.29) is 18.1 Å². The quantitative estimate of drug-likeness (QED) is 0.452. The summed E-state index contributed by atoms with van der Waals surface area (Å²) in [6.45, 7) is 2.32. The molecule has 0 aliphatic rings. The Morgan fingerprint density at radius 1 is 1.36 bits per heavy atom. The molecule has 0 aliphatic heterocycles. The Bertz CT molecular complexity index is 591. The van der Waals surface area contributed by atoms with E-state index in [1.54, 1.807) is 18.6 Å². The number of nitro groups is 1. The molecule has 6 nitrogen and oxygen atoms in total. The molecule has 0 radical (unpaired) electrons. The van der Waals surface area contributed by atoms with E-state index in [2.05, 4.69) is 10.3 Å². The number of aromatic nitrogens is 2. The molecule has 1 aromatic carbocycles. The van der Waals surface area contributed by atoms with Gasteiger partial charge in [-0.3, -0.25) is 10.1 Å². The predicted octanol–water partition coefficient (Wildman–Crippen LogP) is 3.44. The van der Waals surface area contributed by atoms with Crippen molar-refractivity contribution in [3.05, 3.63) is 57.6 Å². The van der Waals surface area contributed by atoms with Crippen LogP contribution in [-0.2, 0) is 13.1 Å². The largest absolute Gasteiger partial charge is 0.337 e. The number of imidazole rings is 1. The Morgan fingerprint density at radius 3 is 2.86 bits per heavy atom. The van der Waals surface area contributed by atoms with Crippen LogP contribution in [-0.4, -0.2) is 21.0 Å². The Kier molecular flexibility index (Phi) is 7.87. The molecule has 0 saturated carbocycles. The Morgan fingerprint density at radius 2 is 2.18 bits per heavy atom. The van der Waals surface area contributed by atoms with Crippen LogP contribution >= 0.6 is 24.0 Å². The molecule has 2 rings (SSSR count). The molecule has 2 aromatic rings. The molecular formula is C14H18Cl2N4O2. The Hall–Kier alpha value is -1.63. The fraction of sp³-hybridized carbons (Fsp3) is 0.357. The Labute approximate surface area is 140 Å². The van der Waals surface area contributed by atoms with E-state index in [4.69, 9.17) is 11.6 Å². The number of nitro benzene ring substituents is 1. The first-order valence-electron chi connectivity index (χ1n) is 6.76. The highest BCUT2D eigenvalue weighted by Crippen LogP contribution is 2.21. The molecule has 1 aromatic heterocycles. The number of unbranched alkanes of at least 4 members (excludes halogenated alkanes) is 1. The summed E-state index contributed by atoms with van der Waals surface area (Å²) >= 11 is 6.04. The van der Waals surface area contributed by atoms with Gasteiger partial charge in [-0.1, -0.05) is 11.6 Å². The third-order valence-electron chi connectivity index (χ3n) is 3.13. The molecule has 0 unspecified atom stereocenters. The fourth-order valence-electron chi connectivity index (χ4n) is 2.00. The molecule has 8 heteroatoms. The average molecular weight is 345 g/mol. The van der Waals surface area contributed by atoms with Crippen LogP contribution in [0.25, 0.3) is 0 Å². The maximum Gasteiger partial charge on any atom is 0.269 e. The minimum absolute atomic E-state index is 0. The van der Waals surface area contributed by atoms with Gasteiger partial charge in [-0.15, -0.1) is 12.4 Å². The average Bonchev–Trinajstić information content (AvgIpc) is 2.97. The van der Waals surface area contributed by atoms with Gasteiger partial charge in [0.15, 0.2) is 0 Å². The number of non-ortho nitro benzene ring substituents is 1. The standard InChI is InChI=1S/C14H17ClN4O2.ClH/c15-14-4-3-13(19(20)21)9-12(14)10-16-5-1-2-7-18-8-6-17-11-18;/h3-4,6,8-9,11,16H,1-2,5,7,10H2;1H. The van der Waals surface area contributed by atoms with Crippen LogP contribution in [0.2, 0.25) is 5.02 Å². The smallest absolute Gasteiger partial charge is 0.269 e. The van der Waals surface area contributed by atoms with Gasteiger partial charge < -0.3 is 9.88 Å². The second-order valence-electron chi connectivity index (χ2n) is 4.72. The van der Waals surface area contributed by atoms with Crippen LogP contribution in [0.5, 0.6) is 0 Å². The second kappa shape index (κ2) is 9.40. The first kappa shape index (κ1) is 18.4. The summed E-state index contributed by atoms with van der Waals surface area (Å²) in [5, 5.41) is 14.5. The number of halogens is 2. The van der Waals surface area contributed by atoms with Gasteiger partial charge in [0.25, 0.3) is 5.69 Å². The molecule has 0 fully saturated rings. The lowest BCUT2D eigenvalue weighted by Crippen LogP contribution is -2.15. The first-order valence-corrected chi connectivity index (χ1v) is 7.14. The van der Waals surface area contributed by atoms with Gasteiger partial charge in [-0.05, 0) is 31.0 Å². The number of hydrogen-bond acceptors (Lipinski definition) is 4. The van der Waals surface area contributed by atoms with Gasteiger partial charge in [0.2, 0.25) is 0 Å². The summed E-state index contributed by atoms with van der Waals surface area (Å²) in [4.78, 5) is 14.3. The number of nitrogens with one attached hydrogen (secondary N) is 1. The predicted molar refractivity (Wildman–Crippen MR) is 88.5 cm³/mol. The monoisotopic (exact) mass is 344 g/mol. The highest BCUT2D eigenvalue weighted by molar-refractivity contribution is 6.31. The summed E-state index contributed by atoms with van der Waals surface area (Å²) in [5.74, 6) is 0. The van der Waals surface area contributed by atoms with Crippen LogP contribution in [0.3, 0.4) is 0 Å². The second-order valence-corrected chi connectivity index (χ2v) is 5.12. The molecule has 1 N–H and O–H groups in total. The van der Waals surface area contributed by atoms with Crippen LogP contribution in [0.1, 0.15) is 18.4 Å². The minimum Gasteiger partial charge on any atom is -0.337 e. The highest BCUT2D eigenvalue weighted by atomic mass is 35.5. The van der Waals surface area contributed by atoms with Gasteiger partial charge in [0, 0.05) is 42.6 Å². The van der Waals surface area contributed by atoms with Crippen molar-refractivity contribution in [3.8, 4) is 0 Å². The summed E-state index contributed by atoms with van der Waals surface area (Å²) in [7, 11) is 0. The lowest BCUT2D eigenvalue weighted by molar-refractivity contribution is -0.384. The van der Waals surface area contributed by atoms with Crippen molar-refractivity contribution in [2.24, 2.45) is 0 Å². The van der Waals surface area contributed by atoms with E-state index in [1.165, 1.54) is 12.1 Å². The van der Waals surface area contributed by atoms with Crippen molar-refractivity contribution in [3.63, 3.8) is 0 Å². The van der Waals surface area contributed by atoms with E-state index >= 15 is 0 Å². The minimum atomic E-state index is -0.412. The number of rotatable bonds is 8. The zero-order chi connectivity index (χ0) is 15.1. The van der Waals surface area contributed by atoms with Crippen LogP contribution in [0, 0.1) is 10.1 Å². The lowest BCUT2D eigenvalue weighted by Gasteiger charge is -2.07. The van der Waals surface area contributed by atoms with Gasteiger partial charge in [-0.2, -0.15) is 0 Å². The summed E-state index contributed by atoms with van der Waals surface area (Å²) < 4.78 is 2.04. The molecule has 22 heavy (non-hydrogen) atoms. The first-order chi connectivity index (χ1) is 10.2. The zero-order valence-electron chi connectivity index (χ0n) is 11.9. The van der Waals surface area contributed by atoms with E-state index < -0.39 is 4.92 Å². The van der Waals surface area contributed by atoms with Crippen molar-refractivity contribution < 1.29 is 4.92 Å². The normalized spacial score (nSPS) is 10.2. The summed E-state index contributed by atoms with van der Waals surface area (Å²) in [6, 6.07) is 4.49. The fourth-order valence-corrected chi connectivity index (χ4v) is 2.18. The molecule has 1 heterocycles. The van der Waals surface area contributed by atoms with Crippen LogP contribution in [0.4, 0.5) is 5.69 Å². The topological polar surface area (TPSA) is 73.0 Å². The van der Waals surface area contributed by atoms with Crippen molar-refractivity contribution >= 4 is 29.7 Å². The maximum atomic E-state index is 10.7. The van der Waals surface area contributed by atoms with Crippen molar-refractivity contribution in [2.45, 2.75) is 25.9 Å². The number of aryl methyl sites for hydroxylation is 1. The summed E-state index contributed by atoms with van der Waals surface area (Å²) in [5.41, 5.74) is 0.816. The molecule has 0 atom stereocenters. The van der Waals surface area contributed by atoms with E-state index in [1.807, 2.05) is 10.8 Å². The molecular weight excluding hydrogens is 327 g/mol. The van der Waals surface area contributed by atoms with Gasteiger partial charge in [0.05, 0.1) is 11.3 Å². The van der Waals surface area contributed by atoms with Crippen molar-refractivity contribution in [1.29, 1.82) is 0 Å². The molecule has 0 aliphatic carbocycles. The molecule has 0 saturated heterocycles. The molecule has 0 spiro atoms. The summed E-state index contributed by atoms with van der Waals surface area (Å²) in [6.07, 6.45) is 7.58. The lowest BCUT2D eigenvalue weighted by atomic mass is 10.2. The highest BCUT2D eigenvalue weighted by Gasteiger charge is 2.09. The van der Waals surface area contributed by atoms with Crippen LogP contribution in [0.15, 0.2) is 36.9 Å². The Balaban J connectivity index is 0.00000242. The van der Waals surface area contributed by atoms with E-state index in [0.29, 0.717) is 11.6 Å². The van der Waals surface area contributed by atoms with E-state index in [9.17, 15) is 10.1 Å². The molecule has 120 valence electrons.